The highest BCUT2D eigenvalue weighted by Gasteiger charge is 2.09. The van der Waals surface area contributed by atoms with Gasteiger partial charge in [0, 0.05) is 26.4 Å². The fraction of sp³-hybridized carbons (Fsp3) is 0.375. The largest absolute Gasteiger partial charge is 0.316 e. The normalized spacial score (nSPS) is 12.5. The first-order valence-corrected chi connectivity index (χ1v) is 8.54. The van der Waals surface area contributed by atoms with Crippen LogP contribution >= 0.6 is 23.1 Å². The van der Waals surface area contributed by atoms with Gasteiger partial charge < -0.3 is 5.32 Å². The van der Waals surface area contributed by atoms with Gasteiger partial charge in [0.2, 0.25) is 0 Å². The molecule has 2 rings (SSSR count). The molecule has 0 bridgehead atoms. The highest BCUT2D eigenvalue weighted by molar-refractivity contribution is 7.99. The van der Waals surface area contributed by atoms with Crippen molar-refractivity contribution in [3.63, 3.8) is 0 Å². The lowest BCUT2D eigenvalue weighted by Crippen LogP contribution is -2.29. The van der Waals surface area contributed by atoms with Gasteiger partial charge in [0.1, 0.15) is 0 Å². The molecule has 0 saturated heterocycles. The fourth-order valence-corrected chi connectivity index (χ4v) is 3.99. The van der Waals surface area contributed by atoms with Crippen LogP contribution in [-0.4, -0.2) is 18.8 Å². The first-order valence-electron chi connectivity index (χ1n) is 6.74. The average molecular weight is 291 g/mol. The predicted octanol–water partition coefficient (Wildman–Crippen LogP) is 4.23. The molecule has 1 aromatic carbocycles. The van der Waals surface area contributed by atoms with Crippen molar-refractivity contribution in [3.05, 3.63) is 52.2 Å². The van der Waals surface area contributed by atoms with Crippen molar-refractivity contribution in [1.82, 2.24) is 5.32 Å². The van der Waals surface area contributed by atoms with Crippen LogP contribution in [0.2, 0.25) is 0 Å². The van der Waals surface area contributed by atoms with Crippen LogP contribution in [0.3, 0.4) is 0 Å². The summed E-state index contributed by atoms with van der Waals surface area (Å²) in [6.45, 7) is 2.22. The number of benzene rings is 1. The van der Waals surface area contributed by atoms with Crippen molar-refractivity contribution in [2.45, 2.75) is 30.7 Å². The molecule has 3 heteroatoms. The Kier molecular flexibility index (Phi) is 5.95. The summed E-state index contributed by atoms with van der Waals surface area (Å²) in [6, 6.07) is 15.7. The minimum atomic E-state index is 0.536. The maximum Gasteiger partial charge on any atom is 0.0206 e. The Morgan fingerprint density at radius 1 is 1.11 bits per heavy atom. The molecular formula is C16H21NS2. The van der Waals surface area contributed by atoms with Gasteiger partial charge in [-0.15, -0.1) is 23.1 Å². The molecule has 0 aliphatic heterocycles. The maximum absolute atomic E-state index is 3.43. The van der Waals surface area contributed by atoms with Gasteiger partial charge in [0.15, 0.2) is 0 Å². The Labute approximate surface area is 124 Å². The molecule has 1 nitrogen and oxygen atoms in total. The molecule has 102 valence electrons. The van der Waals surface area contributed by atoms with Gasteiger partial charge in [-0.25, -0.2) is 0 Å². The van der Waals surface area contributed by atoms with E-state index in [1.54, 1.807) is 0 Å². The first kappa shape index (κ1) is 14.6. The molecular weight excluding hydrogens is 270 g/mol. The van der Waals surface area contributed by atoms with E-state index < -0.39 is 0 Å². The third kappa shape index (κ3) is 4.68. The van der Waals surface area contributed by atoms with Gasteiger partial charge in [-0.3, -0.25) is 0 Å². The Morgan fingerprint density at radius 3 is 2.47 bits per heavy atom. The molecule has 0 saturated carbocycles. The number of thiophene rings is 1. The van der Waals surface area contributed by atoms with Crippen LogP contribution in [0.1, 0.15) is 16.7 Å². The number of nitrogens with one attached hydrogen (secondary N) is 1. The van der Waals surface area contributed by atoms with E-state index in [1.807, 2.05) is 23.1 Å². The monoisotopic (exact) mass is 291 g/mol. The van der Waals surface area contributed by atoms with Crippen molar-refractivity contribution in [1.29, 1.82) is 0 Å². The Balaban J connectivity index is 1.86. The minimum absolute atomic E-state index is 0.536. The summed E-state index contributed by atoms with van der Waals surface area (Å²) in [5.74, 6) is 1.11. The molecule has 0 radical (unpaired) electrons. The first-order chi connectivity index (χ1) is 9.31. The van der Waals surface area contributed by atoms with Gasteiger partial charge in [-0.05, 0) is 44.2 Å². The lowest BCUT2D eigenvalue weighted by molar-refractivity contribution is 0.622. The van der Waals surface area contributed by atoms with Gasteiger partial charge in [0.25, 0.3) is 0 Å². The molecule has 1 aromatic heterocycles. The molecule has 0 fully saturated rings. The van der Waals surface area contributed by atoms with E-state index in [0.717, 1.165) is 18.6 Å². The Bertz CT molecular complexity index is 479. The van der Waals surface area contributed by atoms with Crippen LogP contribution in [0.4, 0.5) is 0 Å². The molecule has 0 aliphatic carbocycles. The molecule has 1 N–H and O–H groups in total. The second-order valence-corrected chi connectivity index (χ2v) is 6.88. The number of rotatable bonds is 7. The lowest BCUT2D eigenvalue weighted by atomic mass is 10.2. The van der Waals surface area contributed by atoms with Crippen LogP contribution < -0.4 is 5.32 Å². The number of hydrogen-bond donors (Lipinski definition) is 1. The van der Waals surface area contributed by atoms with Crippen molar-refractivity contribution in [2.24, 2.45) is 0 Å². The molecule has 0 amide bonds. The summed E-state index contributed by atoms with van der Waals surface area (Å²) in [7, 11) is 2.06. The van der Waals surface area contributed by atoms with Crippen molar-refractivity contribution in [3.8, 4) is 0 Å². The van der Waals surface area contributed by atoms with Gasteiger partial charge in [-0.2, -0.15) is 0 Å². The smallest absolute Gasteiger partial charge is 0.0206 e. The minimum Gasteiger partial charge on any atom is -0.316 e. The van der Waals surface area contributed by atoms with Crippen molar-refractivity contribution < 1.29 is 0 Å². The second-order valence-electron chi connectivity index (χ2n) is 4.54. The van der Waals surface area contributed by atoms with Crippen molar-refractivity contribution in [2.75, 3.05) is 12.8 Å². The molecule has 19 heavy (non-hydrogen) atoms. The fourth-order valence-electron chi connectivity index (χ4n) is 1.92. The van der Waals surface area contributed by atoms with Crippen LogP contribution in [0.5, 0.6) is 0 Å². The third-order valence-electron chi connectivity index (χ3n) is 3.12. The quantitative estimate of drug-likeness (QED) is 0.766. The maximum atomic E-state index is 3.43. The van der Waals surface area contributed by atoms with E-state index in [9.17, 15) is 0 Å². The number of hydrogen-bond acceptors (Lipinski definition) is 3. The van der Waals surface area contributed by atoms with Crippen LogP contribution in [0.15, 0.2) is 47.4 Å². The third-order valence-corrected chi connectivity index (χ3v) is 5.54. The van der Waals surface area contributed by atoms with Crippen LogP contribution in [0, 0.1) is 0 Å². The zero-order valence-electron chi connectivity index (χ0n) is 11.6. The van der Waals surface area contributed by atoms with E-state index in [2.05, 4.69) is 61.8 Å². The lowest BCUT2D eigenvalue weighted by Gasteiger charge is -2.14. The van der Waals surface area contributed by atoms with Gasteiger partial charge in [-0.1, -0.05) is 25.1 Å². The number of likely N-dealkylation sites (N-methyl/N-ethyl adjacent to an activating group) is 1. The highest BCUT2D eigenvalue weighted by Crippen LogP contribution is 2.22. The summed E-state index contributed by atoms with van der Waals surface area (Å²) >= 11 is 3.88. The van der Waals surface area contributed by atoms with Crippen LogP contribution in [-0.2, 0) is 12.8 Å². The molecule has 0 spiro atoms. The molecule has 2 aromatic rings. The SMILES string of the molecule is CCc1ccc(CC(CSc2ccccc2)NC)s1. The van der Waals surface area contributed by atoms with Gasteiger partial charge in [0.05, 0.1) is 0 Å². The molecule has 0 aliphatic rings. The molecule has 1 heterocycles. The summed E-state index contributed by atoms with van der Waals surface area (Å²) in [5, 5.41) is 3.43. The average Bonchev–Trinajstić information content (AvgIpc) is 2.92. The number of thioether (sulfide) groups is 1. The Hall–Kier alpha value is -0.770. The van der Waals surface area contributed by atoms with E-state index in [1.165, 1.54) is 14.6 Å². The van der Waals surface area contributed by atoms with Gasteiger partial charge >= 0.3 is 0 Å². The highest BCUT2D eigenvalue weighted by atomic mass is 32.2. The van der Waals surface area contributed by atoms with Crippen LogP contribution in [0.25, 0.3) is 0 Å². The van der Waals surface area contributed by atoms with E-state index in [0.29, 0.717) is 6.04 Å². The summed E-state index contributed by atoms with van der Waals surface area (Å²) in [4.78, 5) is 4.33. The van der Waals surface area contributed by atoms with E-state index >= 15 is 0 Å². The summed E-state index contributed by atoms with van der Waals surface area (Å²) in [5.41, 5.74) is 0. The zero-order chi connectivity index (χ0) is 13.5. The van der Waals surface area contributed by atoms with E-state index in [-0.39, 0.29) is 0 Å². The Morgan fingerprint density at radius 2 is 1.84 bits per heavy atom. The second kappa shape index (κ2) is 7.73. The van der Waals surface area contributed by atoms with E-state index in [4.69, 9.17) is 0 Å². The summed E-state index contributed by atoms with van der Waals surface area (Å²) < 4.78 is 0. The molecule has 1 atom stereocenters. The zero-order valence-corrected chi connectivity index (χ0v) is 13.2. The topological polar surface area (TPSA) is 12.0 Å². The number of aryl methyl sites for hydroxylation is 1. The standard InChI is InChI=1S/C16H21NS2/c1-3-14-9-10-16(19-14)11-13(17-2)12-18-15-7-5-4-6-8-15/h4-10,13,17H,3,11-12H2,1-2H3. The summed E-state index contributed by atoms with van der Waals surface area (Å²) in [6.07, 6.45) is 2.27. The van der Waals surface area contributed by atoms with Crippen molar-refractivity contribution >= 4 is 23.1 Å². The predicted molar refractivity (Wildman–Crippen MR) is 87.4 cm³/mol. The molecule has 1 unspecified atom stereocenters.